The Morgan fingerprint density at radius 2 is 2.19 bits per heavy atom. The molecule has 0 aromatic rings. The molecule has 1 fully saturated rings. The first-order valence-corrected chi connectivity index (χ1v) is 6.24. The van der Waals surface area contributed by atoms with Crippen molar-refractivity contribution in [3.63, 3.8) is 0 Å². The highest BCUT2D eigenvalue weighted by Gasteiger charge is 2.34. The van der Waals surface area contributed by atoms with E-state index >= 15 is 0 Å². The summed E-state index contributed by atoms with van der Waals surface area (Å²) in [5.41, 5.74) is 0.348. The van der Waals surface area contributed by atoms with Crippen LogP contribution in [0, 0.1) is 5.41 Å². The van der Waals surface area contributed by atoms with Gasteiger partial charge in [-0.25, -0.2) is 0 Å². The minimum Gasteiger partial charge on any atom is -0.384 e. The van der Waals surface area contributed by atoms with Crippen LogP contribution < -0.4 is 5.32 Å². The zero-order valence-electron chi connectivity index (χ0n) is 10.5. The Labute approximate surface area is 98.1 Å². The molecule has 1 heterocycles. The van der Waals surface area contributed by atoms with E-state index in [0.717, 1.165) is 32.2 Å². The highest BCUT2D eigenvalue weighted by molar-refractivity contribution is 5.81. The fourth-order valence-corrected chi connectivity index (χ4v) is 2.79. The first-order chi connectivity index (χ1) is 7.76. The fraction of sp³-hybridized carbons (Fsp3) is 0.917. The average Bonchev–Trinajstić information content (AvgIpc) is 2.86. The number of ether oxygens (including phenoxy) is 1. The van der Waals surface area contributed by atoms with Gasteiger partial charge >= 0.3 is 0 Å². The van der Waals surface area contributed by atoms with Crippen LogP contribution in [0.2, 0.25) is 0 Å². The van der Waals surface area contributed by atoms with Crippen molar-refractivity contribution in [1.29, 1.82) is 0 Å². The summed E-state index contributed by atoms with van der Waals surface area (Å²) in [6.07, 6.45) is 5.25. The van der Waals surface area contributed by atoms with Gasteiger partial charge in [0.1, 0.15) is 0 Å². The van der Waals surface area contributed by atoms with Gasteiger partial charge in [-0.3, -0.25) is 4.99 Å². The van der Waals surface area contributed by atoms with E-state index in [4.69, 9.17) is 4.74 Å². The van der Waals surface area contributed by atoms with E-state index in [1.54, 1.807) is 7.11 Å². The van der Waals surface area contributed by atoms with E-state index in [1.165, 1.54) is 25.7 Å². The second-order valence-electron chi connectivity index (χ2n) is 5.12. The van der Waals surface area contributed by atoms with Gasteiger partial charge in [-0.1, -0.05) is 12.8 Å². The lowest BCUT2D eigenvalue weighted by atomic mass is 9.87. The monoisotopic (exact) mass is 225 g/mol. The number of likely N-dealkylation sites (N-methyl/N-ethyl adjacent to an activating group) is 1. The Morgan fingerprint density at radius 1 is 1.44 bits per heavy atom. The predicted molar refractivity (Wildman–Crippen MR) is 65.7 cm³/mol. The Kier molecular flexibility index (Phi) is 3.69. The zero-order chi connectivity index (χ0) is 11.4. The maximum Gasteiger partial charge on any atom is 0.193 e. The summed E-state index contributed by atoms with van der Waals surface area (Å²) in [6, 6.07) is 0. The molecule has 1 aliphatic carbocycles. The molecule has 0 spiro atoms. The number of nitrogens with one attached hydrogen (secondary N) is 1. The molecule has 0 unspecified atom stereocenters. The minimum atomic E-state index is 0.348. The molecule has 0 aromatic carbocycles. The van der Waals surface area contributed by atoms with E-state index in [-0.39, 0.29) is 0 Å². The number of hydrogen-bond acceptors (Lipinski definition) is 4. The topological polar surface area (TPSA) is 36.9 Å². The number of aliphatic imine (C=N–C) groups is 1. The summed E-state index contributed by atoms with van der Waals surface area (Å²) in [5.74, 6) is 1.06. The molecule has 4 heteroatoms. The van der Waals surface area contributed by atoms with Gasteiger partial charge in [0.15, 0.2) is 5.96 Å². The standard InChI is InChI=1S/C12H23N3O/c1-15-8-7-13-11(15)14-9-12(10-16-2)5-3-4-6-12/h3-10H2,1-2H3,(H,13,14). The first-order valence-electron chi connectivity index (χ1n) is 6.24. The number of methoxy groups -OCH3 is 1. The molecule has 0 bridgehead atoms. The van der Waals surface area contributed by atoms with Crippen molar-refractivity contribution in [2.45, 2.75) is 25.7 Å². The van der Waals surface area contributed by atoms with E-state index < -0.39 is 0 Å². The van der Waals surface area contributed by atoms with Gasteiger partial charge in [-0.15, -0.1) is 0 Å². The molecule has 16 heavy (non-hydrogen) atoms. The summed E-state index contributed by atoms with van der Waals surface area (Å²) >= 11 is 0. The highest BCUT2D eigenvalue weighted by atomic mass is 16.5. The van der Waals surface area contributed by atoms with E-state index in [1.807, 2.05) is 0 Å². The van der Waals surface area contributed by atoms with Crippen LogP contribution in [-0.4, -0.2) is 51.3 Å². The summed E-state index contributed by atoms with van der Waals surface area (Å²) in [6.45, 7) is 3.84. The summed E-state index contributed by atoms with van der Waals surface area (Å²) in [5, 5.41) is 3.49. The van der Waals surface area contributed by atoms with Crippen LogP contribution in [0.5, 0.6) is 0 Å². The Balaban J connectivity index is 1.86. The molecule has 2 rings (SSSR count). The van der Waals surface area contributed by atoms with Crippen LogP contribution in [0.4, 0.5) is 0 Å². The molecule has 4 nitrogen and oxygen atoms in total. The summed E-state index contributed by atoms with van der Waals surface area (Å²) < 4.78 is 5.38. The van der Waals surface area contributed by atoms with Gasteiger partial charge in [-0.2, -0.15) is 0 Å². The highest BCUT2D eigenvalue weighted by Crippen LogP contribution is 2.37. The molecule has 2 aliphatic rings. The number of guanidine groups is 1. The number of rotatable bonds is 4. The Morgan fingerprint density at radius 3 is 2.75 bits per heavy atom. The third-order valence-corrected chi connectivity index (χ3v) is 3.79. The third kappa shape index (κ3) is 2.48. The molecule has 92 valence electrons. The van der Waals surface area contributed by atoms with Crippen molar-refractivity contribution in [3.8, 4) is 0 Å². The maximum atomic E-state index is 5.38. The second kappa shape index (κ2) is 5.04. The third-order valence-electron chi connectivity index (χ3n) is 3.79. The fourth-order valence-electron chi connectivity index (χ4n) is 2.79. The predicted octanol–water partition coefficient (Wildman–Crippen LogP) is 1.08. The van der Waals surface area contributed by atoms with Gasteiger partial charge in [0.25, 0.3) is 0 Å². The van der Waals surface area contributed by atoms with Crippen LogP contribution >= 0.6 is 0 Å². The van der Waals surface area contributed by atoms with Crippen LogP contribution in [0.15, 0.2) is 4.99 Å². The molecular formula is C12H23N3O. The molecule has 0 atom stereocenters. The van der Waals surface area contributed by atoms with Crippen LogP contribution in [0.25, 0.3) is 0 Å². The summed E-state index contributed by atoms with van der Waals surface area (Å²) in [4.78, 5) is 6.65. The van der Waals surface area contributed by atoms with Crippen molar-refractivity contribution in [2.75, 3.05) is 40.4 Å². The SMILES string of the molecule is COCC1(CNC2=NCCN2C)CCCC1. The minimum absolute atomic E-state index is 0.348. The molecule has 0 amide bonds. The lowest BCUT2D eigenvalue weighted by Crippen LogP contribution is -2.43. The van der Waals surface area contributed by atoms with Crippen LogP contribution in [-0.2, 0) is 4.74 Å². The molecule has 1 saturated carbocycles. The second-order valence-corrected chi connectivity index (χ2v) is 5.12. The zero-order valence-corrected chi connectivity index (χ0v) is 10.5. The van der Waals surface area contributed by atoms with Gasteiger partial charge in [0.2, 0.25) is 0 Å². The van der Waals surface area contributed by atoms with Gasteiger partial charge in [-0.05, 0) is 12.8 Å². The molecule has 1 N–H and O–H groups in total. The average molecular weight is 225 g/mol. The van der Waals surface area contributed by atoms with Crippen molar-refractivity contribution < 1.29 is 4.74 Å². The Bertz CT molecular complexity index is 259. The quantitative estimate of drug-likeness (QED) is 0.778. The van der Waals surface area contributed by atoms with Crippen molar-refractivity contribution in [2.24, 2.45) is 10.4 Å². The molecule has 0 aromatic heterocycles. The largest absolute Gasteiger partial charge is 0.384 e. The molecular weight excluding hydrogens is 202 g/mol. The molecule has 0 saturated heterocycles. The number of hydrogen-bond donors (Lipinski definition) is 1. The van der Waals surface area contributed by atoms with Crippen LogP contribution in [0.1, 0.15) is 25.7 Å². The van der Waals surface area contributed by atoms with Gasteiger partial charge in [0, 0.05) is 32.7 Å². The van der Waals surface area contributed by atoms with Gasteiger partial charge in [0.05, 0.1) is 13.2 Å². The van der Waals surface area contributed by atoms with E-state index in [0.29, 0.717) is 5.41 Å². The maximum absolute atomic E-state index is 5.38. The van der Waals surface area contributed by atoms with E-state index in [9.17, 15) is 0 Å². The normalized spacial score (nSPS) is 23.6. The van der Waals surface area contributed by atoms with Crippen molar-refractivity contribution in [3.05, 3.63) is 0 Å². The van der Waals surface area contributed by atoms with Gasteiger partial charge < -0.3 is 15.0 Å². The van der Waals surface area contributed by atoms with E-state index in [2.05, 4.69) is 22.3 Å². The van der Waals surface area contributed by atoms with Crippen LogP contribution in [0.3, 0.4) is 0 Å². The smallest absolute Gasteiger partial charge is 0.193 e. The van der Waals surface area contributed by atoms with Crippen molar-refractivity contribution in [1.82, 2.24) is 10.2 Å². The molecule has 1 aliphatic heterocycles. The number of nitrogens with zero attached hydrogens (tertiary/aromatic N) is 2. The van der Waals surface area contributed by atoms with Crippen molar-refractivity contribution >= 4 is 5.96 Å². The summed E-state index contributed by atoms with van der Waals surface area (Å²) in [7, 11) is 3.90. The Hall–Kier alpha value is -0.770. The lowest BCUT2D eigenvalue weighted by molar-refractivity contribution is 0.0857. The lowest BCUT2D eigenvalue weighted by Gasteiger charge is -2.29. The molecule has 0 radical (unpaired) electrons. The first kappa shape index (κ1) is 11.7.